The van der Waals surface area contributed by atoms with Crippen LogP contribution in [0.15, 0.2) is 18.3 Å². The van der Waals surface area contributed by atoms with E-state index in [-0.39, 0.29) is 12.4 Å². The molecular formula is C16H29ClN4O. The normalized spacial score (nSPS) is 18.8. The summed E-state index contributed by atoms with van der Waals surface area (Å²) in [7, 11) is 5.82. The van der Waals surface area contributed by atoms with Gasteiger partial charge in [0.25, 0.3) is 0 Å². The number of halogens is 1. The van der Waals surface area contributed by atoms with Crippen LogP contribution in [0.4, 0.5) is 5.82 Å². The van der Waals surface area contributed by atoms with Gasteiger partial charge in [0.1, 0.15) is 5.82 Å². The minimum atomic E-state index is 0. The predicted molar refractivity (Wildman–Crippen MR) is 94.0 cm³/mol. The summed E-state index contributed by atoms with van der Waals surface area (Å²) in [5.41, 5.74) is 1.29. The van der Waals surface area contributed by atoms with Gasteiger partial charge in [0.15, 0.2) is 0 Å². The average molecular weight is 329 g/mol. The Balaban J connectivity index is 0.00000242. The van der Waals surface area contributed by atoms with Gasteiger partial charge in [0, 0.05) is 46.0 Å². The SMILES string of the molecule is CNC1CCCN(Cc2ccc(N(C)CCOC)nc2)C1.Cl. The smallest absolute Gasteiger partial charge is 0.128 e. The Kier molecular flexibility index (Phi) is 8.71. The number of aromatic nitrogens is 1. The van der Waals surface area contributed by atoms with Crippen molar-refractivity contribution in [2.45, 2.75) is 25.4 Å². The van der Waals surface area contributed by atoms with Crippen molar-refractivity contribution < 1.29 is 4.74 Å². The van der Waals surface area contributed by atoms with E-state index in [1.807, 2.05) is 13.2 Å². The molecule has 1 aromatic rings. The number of nitrogens with zero attached hydrogens (tertiary/aromatic N) is 3. The summed E-state index contributed by atoms with van der Waals surface area (Å²) in [4.78, 5) is 9.19. The topological polar surface area (TPSA) is 40.6 Å². The fourth-order valence-corrected chi connectivity index (χ4v) is 2.77. The van der Waals surface area contributed by atoms with E-state index in [0.717, 1.165) is 32.1 Å². The zero-order chi connectivity index (χ0) is 15.1. The lowest BCUT2D eigenvalue weighted by atomic mass is 10.1. The van der Waals surface area contributed by atoms with Gasteiger partial charge in [-0.1, -0.05) is 6.07 Å². The maximum Gasteiger partial charge on any atom is 0.128 e. The standard InChI is InChI=1S/C16H28N4O.ClH/c1-17-15-5-4-8-20(13-15)12-14-6-7-16(18-11-14)19(2)9-10-21-3;/h6-7,11,15,17H,4-5,8-10,12-13H2,1-3H3;1H. The number of piperidine rings is 1. The first kappa shape index (κ1) is 19.2. The lowest BCUT2D eigenvalue weighted by Crippen LogP contribution is -2.43. The second-order valence-electron chi connectivity index (χ2n) is 5.80. The van der Waals surface area contributed by atoms with Crippen LogP contribution in [0, 0.1) is 0 Å². The Bertz CT molecular complexity index is 415. The van der Waals surface area contributed by atoms with Crippen molar-refractivity contribution in [1.82, 2.24) is 15.2 Å². The van der Waals surface area contributed by atoms with Gasteiger partial charge in [-0.25, -0.2) is 4.98 Å². The third-order valence-corrected chi connectivity index (χ3v) is 4.15. The van der Waals surface area contributed by atoms with Crippen molar-refractivity contribution in [2.24, 2.45) is 0 Å². The Morgan fingerprint density at radius 2 is 2.27 bits per heavy atom. The molecule has 1 N–H and O–H groups in total. The Labute approximate surface area is 140 Å². The van der Waals surface area contributed by atoms with Crippen LogP contribution >= 0.6 is 12.4 Å². The van der Waals surface area contributed by atoms with E-state index in [1.54, 1.807) is 7.11 Å². The molecule has 1 aliphatic heterocycles. The fourth-order valence-electron chi connectivity index (χ4n) is 2.77. The highest BCUT2D eigenvalue weighted by molar-refractivity contribution is 5.85. The van der Waals surface area contributed by atoms with Crippen molar-refractivity contribution in [2.75, 3.05) is 52.3 Å². The number of pyridine rings is 1. The van der Waals surface area contributed by atoms with Crippen molar-refractivity contribution in [1.29, 1.82) is 0 Å². The monoisotopic (exact) mass is 328 g/mol. The fraction of sp³-hybridized carbons (Fsp3) is 0.688. The highest BCUT2D eigenvalue weighted by atomic mass is 35.5. The molecule has 6 heteroatoms. The number of likely N-dealkylation sites (N-methyl/N-ethyl adjacent to an activating group) is 2. The van der Waals surface area contributed by atoms with E-state index in [0.29, 0.717) is 6.04 Å². The van der Waals surface area contributed by atoms with Crippen LogP contribution in [0.2, 0.25) is 0 Å². The summed E-state index contributed by atoms with van der Waals surface area (Å²) < 4.78 is 5.10. The summed E-state index contributed by atoms with van der Waals surface area (Å²) in [6, 6.07) is 4.92. The van der Waals surface area contributed by atoms with Crippen LogP contribution in [0.5, 0.6) is 0 Å². The number of methoxy groups -OCH3 is 1. The maximum atomic E-state index is 5.10. The second-order valence-corrected chi connectivity index (χ2v) is 5.80. The van der Waals surface area contributed by atoms with Crippen LogP contribution in [-0.4, -0.2) is 63.4 Å². The lowest BCUT2D eigenvalue weighted by molar-refractivity contribution is 0.188. The molecule has 0 bridgehead atoms. The molecule has 0 spiro atoms. The van der Waals surface area contributed by atoms with Crippen LogP contribution in [-0.2, 0) is 11.3 Å². The quantitative estimate of drug-likeness (QED) is 0.826. The van der Waals surface area contributed by atoms with Gasteiger partial charge >= 0.3 is 0 Å². The Hall–Kier alpha value is -0.880. The summed E-state index contributed by atoms with van der Waals surface area (Å²) >= 11 is 0. The van der Waals surface area contributed by atoms with Crippen LogP contribution in [0.3, 0.4) is 0 Å². The van der Waals surface area contributed by atoms with E-state index >= 15 is 0 Å². The molecule has 0 aromatic carbocycles. The van der Waals surface area contributed by atoms with Crippen LogP contribution in [0.1, 0.15) is 18.4 Å². The molecule has 22 heavy (non-hydrogen) atoms. The Morgan fingerprint density at radius 1 is 1.45 bits per heavy atom. The van der Waals surface area contributed by atoms with Gasteiger partial charge in [-0.15, -0.1) is 12.4 Å². The molecular weight excluding hydrogens is 300 g/mol. The molecule has 1 aliphatic rings. The number of rotatable bonds is 7. The lowest BCUT2D eigenvalue weighted by Gasteiger charge is -2.32. The molecule has 0 aliphatic carbocycles. The molecule has 1 unspecified atom stereocenters. The molecule has 2 rings (SSSR count). The molecule has 0 saturated carbocycles. The van der Waals surface area contributed by atoms with Crippen LogP contribution in [0.25, 0.3) is 0 Å². The summed E-state index contributed by atoms with van der Waals surface area (Å²) in [5.74, 6) is 1.00. The van der Waals surface area contributed by atoms with E-state index in [1.165, 1.54) is 24.9 Å². The first-order chi connectivity index (χ1) is 10.2. The summed E-state index contributed by atoms with van der Waals surface area (Å²) in [5, 5.41) is 3.39. The predicted octanol–water partition coefficient (Wildman–Crippen LogP) is 1.77. The first-order valence-corrected chi connectivity index (χ1v) is 7.77. The maximum absolute atomic E-state index is 5.10. The average Bonchev–Trinajstić information content (AvgIpc) is 2.53. The largest absolute Gasteiger partial charge is 0.383 e. The summed E-state index contributed by atoms with van der Waals surface area (Å²) in [6.07, 6.45) is 4.56. The molecule has 5 nitrogen and oxygen atoms in total. The number of likely N-dealkylation sites (tertiary alicyclic amines) is 1. The van der Waals surface area contributed by atoms with Gasteiger partial charge in [0.2, 0.25) is 0 Å². The minimum Gasteiger partial charge on any atom is -0.383 e. The third kappa shape index (κ3) is 5.72. The van der Waals surface area contributed by atoms with E-state index in [2.05, 4.69) is 39.3 Å². The zero-order valence-electron chi connectivity index (χ0n) is 13.9. The zero-order valence-corrected chi connectivity index (χ0v) is 14.7. The van der Waals surface area contributed by atoms with Gasteiger partial charge in [-0.3, -0.25) is 4.90 Å². The highest BCUT2D eigenvalue weighted by Crippen LogP contribution is 2.15. The molecule has 0 amide bonds. The van der Waals surface area contributed by atoms with Crippen molar-refractivity contribution in [3.63, 3.8) is 0 Å². The van der Waals surface area contributed by atoms with Gasteiger partial charge < -0.3 is 15.0 Å². The van der Waals surface area contributed by atoms with E-state index in [4.69, 9.17) is 4.74 Å². The highest BCUT2D eigenvalue weighted by Gasteiger charge is 2.18. The Morgan fingerprint density at radius 3 is 2.91 bits per heavy atom. The molecule has 1 atom stereocenters. The molecule has 0 radical (unpaired) electrons. The van der Waals surface area contributed by atoms with Crippen molar-refractivity contribution in [3.05, 3.63) is 23.9 Å². The second kappa shape index (κ2) is 10.0. The van der Waals surface area contributed by atoms with Crippen LogP contribution < -0.4 is 10.2 Å². The minimum absolute atomic E-state index is 0. The first-order valence-electron chi connectivity index (χ1n) is 7.77. The number of nitrogens with one attached hydrogen (secondary N) is 1. The van der Waals surface area contributed by atoms with Crippen molar-refractivity contribution >= 4 is 18.2 Å². The number of hydrogen-bond donors (Lipinski definition) is 1. The number of ether oxygens (including phenoxy) is 1. The number of hydrogen-bond acceptors (Lipinski definition) is 5. The van der Waals surface area contributed by atoms with Crippen molar-refractivity contribution in [3.8, 4) is 0 Å². The molecule has 1 aromatic heterocycles. The van der Waals surface area contributed by atoms with Gasteiger partial charge in [0.05, 0.1) is 6.61 Å². The van der Waals surface area contributed by atoms with E-state index in [9.17, 15) is 0 Å². The molecule has 1 saturated heterocycles. The van der Waals surface area contributed by atoms with E-state index < -0.39 is 0 Å². The molecule has 1 fully saturated rings. The summed E-state index contributed by atoms with van der Waals surface area (Å²) in [6.45, 7) is 4.89. The van der Waals surface area contributed by atoms with Gasteiger partial charge in [-0.2, -0.15) is 0 Å². The molecule has 126 valence electrons. The van der Waals surface area contributed by atoms with Gasteiger partial charge in [-0.05, 0) is 38.1 Å². The molecule has 2 heterocycles. The third-order valence-electron chi connectivity index (χ3n) is 4.15. The number of anilines is 1.